The normalized spacial score (nSPS) is 10.5. The van der Waals surface area contributed by atoms with Crippen molar-refractivity contribution in [2.24, 2.45) is 4.99 Å². The summed E-state index contributed by atoms with van der Waals surface area (Å²) in [6.45, 7) is 7.25. The van der Waals surface area contributed by atoms with Crippen LogP contribution in [0.15, 0.2) is 35.3 Å². The van der Waals surface area contributed by atoms with E-state index in [0.717, 1.165) is 37.8 Å². The number of hydrogen-bond donors (Lipinski definition) is 2. The number of nitrogens with zero attached hydrogens (tertiary/aromatic N) is 1. The van der Waals surface area contributed by atoms with Gasteiger partial charge in [-0.15, -0.1) is 24.0 Å². The number of benzene rings is 1. The van der Waals surface area contributed by atoms with Gasteiger partial charge in [-0.05, 0) is 25.5 Å². The highest BCUT2D eigenvalue weighted by atomic mass is 127. The summed E-state index contributed by atoms with van der Waals surface area (Å²) < 4.78 is 5.59. The number of hydrogen-bond acceptors (Lipinski definition) is 2. The fourth-order valence-corrected chi connectivity index (χ4v) is 1.42. The number of ether oxygens (including phenoxy) is 1. The van der Waals surface area contributed by atoms with E-state index >= 15 is 0 Å². The molecule has 4 nitrogen and oxygen atoms in total. The number of nitrogens with one attached hydrogen (secondary N) is 2. The quantitative estimate of drug-likeness (QED) is 0.332. The summed E-state index contributed by atoms with van der Waals surface area (Å²) in [7, 11) is 0. The molecule has 0 aliphatic rings. The average Bonchev–Trinajstić information content (AvgIpc) is 2.42. The summed E-state index contributed by atoms with van der Waals surface area (Å²) in [6.07, 6.45) is 1.05. The molecule has 108 valence electrons. The molecule has 0 fully saturated rings. The van der Waals surface area contributed by atoms with Gasteiger partial charge in [0.25, 0.3) is 0 Å². The zero-order valence-corrected chi connectivity index (χ0v) is 14.0. The molecule has 1 aromatic rings. The van der Waals surface area contributed by atoms with E-state index in [2.05, 4.69) is 29.5 Å². The number of aliphatic imine (C=N–C) groups is 1. The van der Waals surface area contributed by atoms with Gasteiger partial charge in [-0.1, -0.05) is 25.1 Å². The molecule has 0 aliphatic carbocycles. The van der Waals surface area contributed by atoms with Gasteiger partial charge in [-0.2, -0.15) is 0 Å². The molecule has 0 atom stereocenters. The fraction of sp³-hybridized carbons (Fsp3) is 0.500. The van der Waals surface area contributed by atoms with Gasteiger partial charge in [0.05, 0.1) is 6.54 Å². The highest BCUT2D eigenvalue weighted by molar-refractivity contribution is 14.0. The van der Waals surface area contributed by atoms with Crippen LogP contribution < -0.4 is 15.4 Å². The predicted octanol–water partition coefficient (Wildman–Crippen LogP) is 2.65. The van der Waals surface area contributed by atoms with E-state index in [4.69, 9.17) is 4.74 Å². The molecule has 0 aliphatic heterocycles. The van der Waals surface area contributed by atoms with Crippen LogP contribution in [0.4, 0.5) is 0 Å². The summed E-state index contributed by atoms with van der Waals surface area (Å²) in [6, 6.07) is 9.82. The summed E-state index contributed by atoms with van der Waals surface area (Å²) in [5, 5.41) is 6.44. The third-order valence-electron chi connectivity index (χ3n) is 2.24. The van der Waals surface area contributed by atoms with Gasteiger partial charge in [0.2, 0.25) is 0 Å². The lowest BCUT2D eigenvalue weighted by atomic mass is 10.3. The van der Waals surface area contributed by atoms with Crippen LogP contribution in [0, 0.1) is 0 Å². The van der Waals surface area contributed by atoms with Crippen molar-refractivity contribution in [2.45, 2.75) is 20.3 Å². The Balaban J connectivity index is 0.00000324. The molecule has 0 amide bonds. The van der Waals surface area contributed by atoms with Gasteiger partial charge in [-0.3, -0.25) is 4.99 Å². The van der Waals surface area contributed by atoms with E-state index in [9.17, 15) is 0 Å². The molecule has 1 rings (SSSR count). The lowest BCUT2D eigenvalue weighted by Crippen LogP contribution is -2.39. The molecule has 0 unspecified atom stereocenters. The predicted molar refractivity (Wildman–Crippen MR) is 91.6 cm³/mol. The molecule has 19 heavy (non-hydrogen) atoms. The molecule has 0 saturated carbocycles. The highest BCUT2D eigenvalue weighted by Gasteiger charge is 1.96. The molecule has 1 aromatic carbocycles. The Labute approximate surface area is 133 Å². The molecule has 0 aromatic heterocycles. The maximum absolute atomic E-state index is 5.59. The monoisotopic (exact) mass is 377 g/mol. The minimum atomic E-state index is 0. The van der Waals surface area contributed by atoms with Crippen LogP contribution >= 0.6 is 24.0 Å². The van der Waals surface area contributed by atoms with Gasteiger partial charge >= 0.3 is 0 Å². The first-order valence-corrected chi connectivity index (χ1v) is 6.56. The topological polar surface area (TPSA) is 45.7 Å². The van der Waals surface area contributed by atoms with Gasteiger partial charge in [0.15, 0.2) is 5.96 Å². The maximum atomic E-state index is 5.59. The van der Waals surface area contributed by atoms with Crippen LogP contribution in [0.25, 0.3) is 0 Å². The van der Waals surface area contributed by atoms with Crippen molar-refractivity contribution in [3.05, 3.63) is 30.3 Å². The highest BCUT2D eigenvalue weighted by Crippen LogP contribution is 2.07. The Hall–Kier alpha value is -0.980. The number of halogens is 1. The lowest BCUT2D eigenvalue weighted by Gasteiger charge is -2.11. The Morgan fingerprint density at radius 2 is 1.89 bits per heavy atom. The van der Waals surface area contributed by atoms with Crippen molar-refractivity contribution in [1.82, 2.24) is 10.6 Å². The van der Waals surface area contributed by atoms with Crippen LogP contribution in [0.5, 0.6) is 5.75 Å². The molecule has 0 radical (unpaired) electrons. The van der Waals surface area contributed by atoms with Crippen LogP contribution in [0.2, 0.25) is 0 Å². The van der Waals surface area contributed by atoms with Gasteiger partial charge < -0.3 is 15.4 Å². The summed E-state index contributed by atoms with van der Waals surface area (Å²) >= 11 is 0. The van der Waals surface area contributed by atoms with E-state index in [0.29, 0.717) is 6.61 Å². The van der Waals surface area contributed by atoms with Crippen LogP contribution in [-0.4, -0.2) is 32.2 Å². The first-order chi connectivity index (χ1) is 8.86. The third-order valence-corrected chi connectivity index (χ3v) is 2.24. The summed E-state index contributed by atoms with van der Waals surface area (Å²) in [5.74, 6) is 1.76. The van der Waals surface area contributed by atoms with Gasteiger partial charge in [0.1, 0.15) is 12.4 Å². The second-order valence-corrected chi connectivity index (χ2v) is 3.85. The van der Waals surface area contributed by atoms with Crippen molar-refractivity contribution in [3.8, 4) is 5.75 Å². The third kappa shape index (κ3) is 8.69. The standard InChI is InChI=1S/C14H23N3O.HI/c1-3-10-16-14(15-4-2)17-11-12-18-13-8-6-5-7-9-13;/h5-9H,3-4,10-12H2,1-2H3,(H2,15,16,17);1H. The van der Waals surface area contributed by atoms with Gasteiger partial charge in [-0.25, -0.2) is 0 Å². The summed E-state index contributed by atoms with van der Waals surface area (Å²) in [4.78, 5) is 4.42. The first-order valence-electron chi connectivity index (χ1n) is 6.56. The van der Waals surface area contributed by atoms with Crippen molar-refractivity contribution >= 4 is 29.9 Å². The molecule has 0 saturated heterocycles. The fourth-order valence-electron chi connectivity index (χ4n) is 1.42. The van der Waals surface area contributed by atoms with E-state index < -0.39 is 0 Å². The van der Waals surface area contributed by atoms with E-state index in [-0.39, 0.29) is 24.0 Å². The van der Waals surface area contributed by atoms with E-state index in [1.165, 1.54) is 0 Å². The minimum Gasteiger partial charge on any atom is -0.492 e. The Kier molecular flexibility index (Phi) is 11.5. The second-order valence-electron chi connectivity index (χ2n) is 3.85. The average molecular weight is 377 g/mol. The Bertz CT molecular complexity index is 344. The van der Waals surface area contributed by atoms with Crippen LogP contribution in [-0.2, 0) is 0 Å². The molecular formula is C14H24IN3O. The SMILES string of the molecule is CCCN=C(NCC)NCCOc1ccccc1.I. The van der Waals surface area contributed by atoms with Crippen molar-refractivity contribution in [1.29, 1.82) is 0 Å². The zero-order valence-electron chi connectivity index (χ0n) is 11.7. The molecule has 2 N–H and O–H groups in total. The molecule has 0 heterocycles. The molecular weight excluding hydrogens is 353 g/mol. The molecule has 5 heteroatoms. The van der Waals surface area contributed by atoms with E-state index in [1.807, 2.05) is 30.3 Å². The number of rotatable bonds is 7. The first kappa shape index (κ1) is 18.0. The van der Waals surface area contributed by atoms with Crippen molar-refractivity contribution < 1.29 is 4.74 Å². The second kappa shape index (κ2) is 12.1. The van der Waals surface area contributed by atoms with Crippen molar-refractivity contribution in [3.63, 3.8) is 0 Å². The van der Waals surface area contributed by atoms with Crippen LogP contribution in [0.1, 0.15) is 20.3 Å². The summed E-state index contributed by atoms with van der Waals surface area (Å²) in [5.41, 5.74) is 0. The number of para-hydroxylation sites is 1. The van der Waals surface area contributed by atoms with E-state index in [1.54, 1.807) is 0 Å². The molecule has 0 bridgehead atoms. The van der Waals surface area contributed by atoms with Crippen molar-refractivity contribution in [2.75, 3.05) is 26.2 Å². The minimum absolute atomic E-state index is 0. The maximum Gasteiger partial charge on any atom is 0.191 e. The van der Waals surface area contributed by atoms with Gasteiger partial charge in [0, 0.05) is 13.1 Å². The smallest absolute Gasteiger partial charge is 0.191 e. The Morgan fingerprint density at radius 1 is 1.16 bits per heavy atom. The number of guanidine groups is 1. The largest absolute Gasteiger partial charge is 0.492 e. The van der Waals surface area contributed by atoms with Crippen LogP contribution in [0.3, 0.4) is 0 Å². The lowest BCUT2D eigenvalue weighted by molar-refractivity contribution is 0.322. The molecule has 0 spiro atoms. The Morgan fingerprint density at radius 3 is 2.53 bits per heavy atom. The zero-order chi connectivity index (χ0) is 13.1.